The maximum absolute atomic E-state index is 12.9. The van der Waals surface area contributed by atoms with E-state index < -0.39 is 72.3 Å². The molecule has 0 aromatic rings. The van der Waals surface area contributed by atoms with Crippen LogP contribution in [0.25, 0.3) is 0 Å². The van der Waals surface area contributed by atoms with Gasteiger partial charge in [0.05, 0.1) is 12.7 Å². The molecule has 3 aliphatic rings. The van der Waals surface area contributed by atoms with E-state index in [-0.39, 0.29) is 12.6 Å². The van der Waals surface area contributed by atoms with Gasteiger partial charge in [-0.25, -0.2) is 14.5 Å². The zero-order chi connectivity index (χ0) is 35.9. The predicted molar refractivity (Wildman–Crippen MR) is 173 cm³/mol. The van der Waals surface area contributed by atoms with Crippen LogP contribution in [0, 0.1) is 0 Å². The van der Waals surface area contributed by atoms with Crippen molar-refractivity contribution >= 4 is 41.7 Å². The number of cyclic esters (lactones) is 1. The lowest BCUT2D eigenvalue weighted by Gasteiger charge is -2.24. The van der Waals surface area contributed by atoms with E-state index in [0.717, 1.165) is 58.1 Å². The lowest BCUT2D eigenvalue weighted by Crippen LogP contribution is -2.46. The minimum absolute atomic E-state index is 0.194. The Morgan fingerprint density at radius 2 is 1.69 bits per heavy atom. The Morgan fingerprint density at radius 3 is 2.41 bits per heavy atom. The molecule has 268 valence electrons. The largest absolute Gasteiger partial charge is 0.465 e. The lowest BCUT2D eigenvalue weighted by atomic mass is 10.00. The van der Waals surface area contributed by atoms with E-state index in [9.17, 15) is 33.6 Å². The molecule has 6 atom stereocenters. The van der Waals surface area contributed by atoms with Crippen molar-refractivity contribution in [1.29, 1.82) is 0 Å². The van der Waals surface area contributed by atoms with E-state index in [1.54, 1.807) is 19.1 Å². The van der Waals surface area contributed by atoms with Crippen molar-refractivity contribution in [2.24, 2.45) is 0 Å². The van der Waals surface area contributed by atoms with Gasteiger partial charge in [0.2, 0.25) is 11.8 Å². The molecular weight excluding hydrogens is 640 g/mol. The zero-order valence-electron chi connectivity index (χ0n) is 28.4. The summed E-state index contributed by atoms with van der Waals surface area (Å²) in [5.74, 6) is -4.27. The molecule has 0 spiro atoms. The van der Waals surface area contributed by atoms with E-state index >= 15 is 0 Å². The van der Waals surface area contributed by atoms with Crippen molar-refractivity contribution < 1.29 is 57.2 Å². The minimum atomic E-state index is -1.18. The van der Waals surface area contributed by atoms with Gasteiger partial charge in [0.15, 0.2) is 12.2 Å². The average Bonchev–Trinajstić information content (AvgIpc) is 3.95. The number of nitrogens with one attached hydrogen (secondary N) is 1. The number of carbonyl (C=O) groups is 7. The van der Waals surface area contributed by atoms with Crippen LogP contribution < -0.4 is 5.32 Å². The first-order valence-electron chi connectivity index (χ1n) is 16.6. The second-order valence-corrected chi connectivity index (χ2v) is 12.0. The molecule has 3 rings (SSSR count). The Hall–Kier alpha value is -4.43. The Labute approximate surface area is 285 Å². The van der Waals surface area contributed by atoms with Crippen molar-refractivity contribution in [3.05, 3.63) is 48.1 Å². The minimum Gasteiger partial charge on any atom is -0.465 e. The van der Waals surface area contributed by atoms with Crippen molar-refractivity contribution in [2.45, 2.75) is 122 Å². The Bertz CT molecular complexity index is 1370. The number of carbonyl (C=O) groups excluding carboxylic acids is 7. The van der Waals surface area contributed by atoms with E-state index in [2.05, 4.69) is 6.92 Å². The second-order valence-electron chi connectivity index (χ2n) is 12.0. The van der Waals surface area contributed by atoms with Crippen LogP contribution in [-0.2, 0) is 52.5 Å². The molecule has 1 N–H and O–H groups in total. The lowest BCUT2D eigenvalue weighted by molar-refractivity contribution is -0.152. The number of hydrogen-bond donors (Lipinski definition) is 1. The third-order valence-electron chi connectivity index (χ3n) is 7.82. The standard InChI is InChI=1S/C35H46N2O12/c1-5-6-7-8-9-16-29(42)45-20-13-12-14-25-31(46-25)33-34(49-35(44)36-23(3)38)32-26(47-32)19-18-22(2)21-28(41)37(24(4)39)27(40)15-10-11-17-30(43)48-33/h10-12,14-15,17,21,25-26,31-34H,5-9,13,16,18-20H2,1-4H3,(H,36,38,44)/b14-12+,15-10+,17-11-,22-21-. The van der Waals surface area contributed by atoms with Crippen LogP contribution in [-0.4, -0.2) is 89.8 Å². The smallest absolute Gasteiger partial charge is 0.414 e. The molecule has 0 aromatic heterocycles. The number of imide groups is 4. The molecule has 6 unspecified atom stereocenters. The highest BCUT2D eigenvalue weighted by molar-refractivity contribution is 6.16. The number of rotatable bonds is 12. The third-order valence-corrected chi connectivity index (χ3v) is 7.82. The first-order chi connectivity index (χ1) is 23.4. The van der Waals surface area contributed by atoms with Gasteiger partial charge in [-0.3, -0.25) is 29.3 Å². The molecule has 3 heterocycles. The number of hydrogen-bond acceptors (Lipinski definition) is 12. The molecule has 2 fully saturated rings. The Balaban J connectivity index is 1.74. The molecule has 2 saturated heterocycles. The molecule has 14 nitrogen and oxygen atoms in total. The molecule has 5 amide bonds. The maximum Gasteiger partial charge on any atom is 0.414 e. The van der Waals surface area contributed by atoms with Crippen LogP contribution in [0.4, 0.5) is 4.79 Å². The summed E-state index contributed by atoms with van der Waals surface area (Å²) >= 11 is 0. The molecule has 0 bridgehead atoms. The number of unbranched alkanes of at least 4 members (excludes halogenated alkanes) is 4. The highest BCUT2D eigenvalue weighted by atomic mass is 16.7. The van der Waals surface area contributed by atoms with Gasteiger partial charge in [-0.2, -0.15) is 0 Å². The molecule has 0 aliphatic carbocycles. The summed E-state index contributed by atoms with van der Waals surface area (Å²) in [6, 6.07) is 0. The number of fused-ring (bicyclic) bond motifs is 1. The normalized spacial score (nSPS) is 28.3. The molecule has 14 heteroatoms. The monoisotopic (exact) mass is 686 g/mol. The summed E-state index contributed by atoms with van der Waals surface area (Å²) in [5.41, 5.74) is 0.564. The van der Waals surface area contributed by atoms with E-state index in [0.29, 0.717) is 36.2 Å². The molecule has 0 saturated carbocycles. The van der Waals surface area contributed by atoms with Crippen molar-refractivity contribution in [2.75, 3.05) is 6.61 Å². The number of nitrogens with zero attached hydrogens (tertiary/aromatic N) is 1. The van der Waals surface area contributed by atoms with Crippen LogP contribution >= 0.6 is 0 Å². The van der Waals surface area contributed by atoms with Crippen molar-refractivity contribution in [3.63, 3.8) is 0 Å². The third kappa shape index (κ3) is 13.5. The highest BCUT2D eigenvalue weighted by Gasteiger charge is 2.58. The van der Waals surface area contributed by atoms with Crippen LogP contribution in [0.1, 0.15) is 85.5 Å². The van der Waals surface area contributed by atoms with Crippen molar-refractivity contribution in [1.82, 2.24) is 10.2 Å². The van der Waals surface area contributed by atoms with Crippen molar-refractivity contribution in [3.8, 4) is 0 Å². The van der Waals surface area contributed by atoms with Crippen LogP contribution in [0.3, 0.4) is 0 Å². The van der Waals surface area contributed by atoms with Gasteiger partial charge >= 0.3 is 18.0 Å². The number of ether oxygens (including phenoxy) is 5. The summed E-state index contributed by atoms with van der Waals surface area (Å²) < 4.78 is 28.2. The van der Waals surface area contributed by atoms with E-state index in [1.807, 2.05) is 5.32 Å². The average molecular weight is 687 g/mol. The summed E-state index contributed by atoms with van der Waals surface area (Å²) in [6.07, 6.45) is 9.73. The topological polar surface area (TPSA) is 188 Å². The van der Waals surface area contributed by atoms with Gasteiger partial charge in [0.25, 0.3) is 11.8 Å². The first-order valence-corrected chi connectivity index (χ1v) is 16.6. The molecule has 3 aliphatic heterocycles. The molecular formula is C35H46N2O12. The highest BCUT2D eigenvalue weighted by Crippen LogP contribution is 2.39. The number of epoxide rings is 2. The van der Waals surface area contributed by atoms with Gasteiger partial charge in [-0.1, -0.05) is 62.5 Å². The summed E-state index contributed by atoms with van der Waals surface area (Å²) in [4.78, 5) is 86.8. The fourth-order valence-electron chi connectivity index (χ4n) is 5.24. The Kier molecular flexibility index (Phi) is 15.6. The molecule has 0 radical (unpaired) electrons. The summed E-state index contributed by atoms with van der Waals surface area (Å²) in [7, 11) is 0. The summed E-state index contributed by atoms with van der Waals surface area (Å²) in [6.45, 7) is 6.21. The quantitative estimate of drug-likeness (QED) is 0.0785. The van der Waals surface area contributed by atoms with Gasteiger partial charge in [-0.15, -0.1) is 0 Å². The number of amides is 5. The van der Waals surface area contributed by atoms with E-state index in [4.69, 9.17) is 23.7 Å². The van der Waals surface area contributed by atoms with Gasteiger partial charge in [0, 0.05) is 38.5 Å². The van der Waals surface area contributed by atoms with Crippen LogP contribution in [0.2, 0.25) is 0 Å². The number of allylic oxidation sites excluding steroid dienone is 3. The SMILES string of the molecule is CCCCCCCC(=O)OCC/C=C/C1OC1C1OC(=O)/C=C\C=C\C(=O)N(C(C)=O)C(=O)/C=C(/C)CCC2OC2C1OC(=O)NC(C)=O. The molecule has 0 aromatic carbocycles. The van der Waals surface area contributed by atoms with Crippen LogP contribution in [0.15, 0.2) is 48.1 Å². The fourth-order valence-corrected chi connectivity index (χ4v) is 5.24. The number of esters is 2. The van der Waals surface area contributed by atoms with Gasteiger partial charge in [0.1, 0.15) is 18.3 Å². The second kappa shape index (κ2) is 19.5. The fraction of sp³-hybridized carbons (Fsp3) is 0.571. The van der Waals surface area contributed by atoms with Gasteiger partial charge < -0.3 is 23.7 Å². The first kappa shape index (κ1) is 39.0. The predicted octanol–water partition coefficient (Wildman–Crippen LogP) is 3.68. The van der Waals surface area contributed by atoms with E-state index in [1.165, 1.54) is 18.2 Å². The summed E-state index contributed by atoms with van der Waals surface area (Å²) in [5, 5.41) is 2.04. The maximum atomic E-state index is 12.9. The number of alkyl carbamates (subject to hydrolysis) is 1. The van der Waals surface area contributed by atoms with Gasteiger partial charge in [-0.05, 0) is 32.6 Å². The zero-order valence-corrected chi connectivity index (χ0v) is 28.4. The van der Waals surface area contributed by atoms with Crippen LogP contribution in [0.5, 0.6) is 0 Å². The molecule has 49 heavy (non-hydrogen) atoms. The Morgan fingerprint density at radius 1 is 0.959 bits per heavy atom.